The molecule has 0 aliphatic heterocycles. The van der Waals surface area contributed by atoms with E-state index in [-0.39, 0.29) is 11.7 Å². The molecule has 9 heteroatoms. The zero-order chi connectivity index (χ0) is 20.1. The van der Waals surface area contributed by atoms with Gasteiger partial charge in [0.15, 0.2) is 11.0 Å². The molecule has 0 bridgehead atoms. The number of hydrogen-bond donors (Lipinski definition) is 2. The zero-order valence-corrected chi connectivity index (χ0v) is 16.6. The number of nitrogens with zero attached hydrogens (tertiary/aromatic N) is 3. The minimum atomic E-state index is -0.190. The molecule has 0 saturated heterocycles. The summed E-state index contributed by atoms with van der Waals surface area (Å²) in [4.78, 5) is 12.4. The summed E-state index contributed by atoms with van der Waals surface area (Å²) in [5, 5.41) is 11.8. The normalized spacial score (nSPS) is 10.5. The predicted molar refractivity (Wildman–Crippen MR) is 110 cm³/mol. The molecule has 0 fully saturated rings. The fourth-order valence-electron chi connectivity index (χ4n) is 2.60. The lowest BCUT2D eigenvalue weighted by Gasteiger charge is -2.11. The number of ether oxygens (including phenoxy) is 2. The monoisotopic (exact) mass is 399 g/mol. The molecule has 28 heavy (non-hydrogen) atoms. The van der Waals surface area contributed by atoms with Gasteiger partial charge in [0.05, 0.1) is 25.7 Å². The molecule has 1 heterocycles. The Bertz CT molecular complexity index is 989. The van der Waals surface area contributed by atoms with Crippen molar-refractivity contribution in [1.82, 2.24) is 14.8 Å². The molecular weight excluding hydrogens is 378 g/mol. The number of aromatic nitrogens is 3. The molecule has 1 aromatic heterocycles. The Kier molecular flexibility index (Phi) is 6.05. The van der Waals surface area contributed by atoms with Gasteiger partial charge in [-0.25, -0.2) is 0 Å². The van der Waals surface area contributed by atoms with Crippen LogP contribution in [0.5, 0.6) is 11.5 Å². The molecule has 0 atom stereocenters. The van der Waals surface area contributed by atoms with Crippen molar-refractivity contribution in [3.8, 4) is 22.9 Å². The van der Waals surface area contributed by atoms with E-state index < -0.39 is 0 Å². The Balaban J connectivity index is 1.67. The average molecular weight is 399 g/mol. The lowest BCUT2D eigenvalue weighted by Crippen LogP contribution is -2.15. The van der Waals surface area contributed by atoms with Crippen molar-refractivity contribution in [3.05, 3.63) is 42.5 Å². The summed E-state index contributed by atoms with van der Waals surface area (Å²) in [7, 11) is 4.96. The number of carbonyl (C=O) groups is 1. The summed E-state index contributed by atoms with van der Waals surface area (Å²) in [6.07, 6.45) is 0. The fourth-order valence-corrected chi connectivity index (χ4v) is 3.31. The van der Waals surface area contributed by atoms with Gasteiger partial charge in [-0.15, -0.1) is 10.2 Å². The average Bonchev–Trinajstić information content (AvgIpc) is 3.06. The Hall–Kier alpha value is -3.20. The highest BCUT2D eigenvalue weighted by atomic mass is 32.2. The summed E-state index contributed by atoms with van der Waals surface area (Å²) in [6.45, 7) is 0. The SMILES string of the molecule is COc1ccc(OC)c(NC(=O)CSc2nnc(-c3cccc(N)c3)n2C)c1. The van der Waals surface area contributed by atoms with Crippen molar-refractivity contribution in [2.24, 2.45) is 7.05 Å². The third-order valence-corrected chi connectivity index (χ3v) is 5.01. The smallest absolute Gasteiger partial charge is 0.234 e. The first-order valence-electron chi connectivity index (χ1n) is 8.41. The van der Waals surface area contributed by atoms with Crippen LogP contribution in [-0.4, -0.2) is 40.6 Å². The second-order valence-electron chi connectivity index (χ2n) is 5.89. The summed E-state index contributed by atoms with van der Waals surface area (Å²) in [5.74, 6) is 1.85. The maximum atomic E-state index is 12.4. The number of nitrogens with two attached hydrogens (primary N) is 1. The van der Waals surface area contributed by atoms with E-state index in [1.54, 1.807) is 32.4 Å². The lowest BCUT2D eigenvalue weighted by molar-refractivity contribution is -0.113. The Morgan fingerprint density at radius 2 is 2.00 bits per heavy atom. The van der Waals surface area contributed by atoms with E-state index in [1.165, 1.54) is 11.8 Å². The summed E-state index contributed by atoms with van der Waals surface area (Å²) >= 11 is 1.29. The first-order valence-corrected chi connectivity index (χ1v) is 9.40. The molecule has 0 aliphatic carbocycles. The van der Waals surface area contributed by atoms with E-state index in [4.69, 9.17) is 15.2 Å². The summed E-state index contributed by atoms with van der Waals surface area (Å²) in [5.41, 5.74) is 7.90. The Morgan fingerprint density at radius 3 is 2.71 bits per heavy atom. The molecule has 2 aromatic carbocycles. The van der Waals surface area contributed by atoms with E-state index in [0.29, 0.717) is 33.9 Å². The molecule has 0 aliphatic rings. The minimum Gasteiger partial charge on any atom is -0.497 e. The van der Waals surface area contributed by atoms with E-state index in [2.05, 4.69) is 15.5 Å². The number of nitrogen functional groups attached to an aromatic ring is 1. The van der Waals surface area contributed by atoms with Gasteiger partial charge in [-0.1, -0.05) is 23.9 Å². The summed E-state index contributed by atoms with van der Waals surface area (Å²) < 4.78 is 12.3. The highest BCUT2D eigenvalue weighted by Gasteiger charge is 2.14. The second-order valence-corrected chi connectivity index (χ2v) is 6.84. The van der Waals surface area contributed by atoms with Gasteiger partial charge >= 0.3 is 0 Å². The van der Waals surface area contributed by atoms with Gasteiger partial charge in [0.2, 0.25) is 5.91 Å². The molecule has 1 amide bonds. The first-order chi connectivity index (χ1) is 13.5. The zero-order valence-electron chi connectivity index (χ0n) is 15.8. The predicted octanol–water partition coefficient (Wildman–Crippen LogP) is 2.81. The number of amides is 1. The van der Waals surface area contributed by atoms with Crippen LogP contribution >= 0.6 is 11.8 Å². The number of carbonyl (C=O) groups excluding carboxylic acids is 1. The first kappa shape index (κ1) is 19.6. The molecule has 3 rings (SSSR count). The number of benzene rings is 2. The minimum absolute atomic E-state index is 0.170. The number of anilines is 2. The van der Waals surface area contributed by atoms with Gasteiger partial charge in [0, 0.05) is 24.4 Å². The van der Waals surface area contributed by atoms with Gasteiger partial charge in [-0.2, -0.15) is 0 Å². The number of thioether (sulfide) groups is 1. The second kappa shape index (κ2) is 8.66. The van der Waals surface area contributed by atoms with Crippen molar-refractivity contribution in [3.63, 3.8) is 0 Å². The van der Waals surface area contributed by atoms with E-state index in [1.807, 2.05) is 35.9 Å². The van der Waals surface area contributed by atoms with Crippen LogP contribution in [0.25, 0.3) is 11.4 Å². The van der Waals surface area contributed by atoms with Crippen molar-refractivity contribution in [1.29, 1.82) is 0 Å². The standard InChI is InChI=1S/C19H21N5O3S/c1-24-18(12-5-4-6-13(20)9-12)22-23-19(24)28-11-17(25)21-15-10-14(26-2)7-8-16(15)27-3/h4-10H,11,20H2,1-3H3,(H,21,25). The Morgan fingerprint density at radius 1 is 1.18 bits per heavy atom. The van der Waals surface area contributed by atoms with Crippen molar-refractivity contribution in [2.45, 2.75) is 5.16 Å². The third-order valence-electron chi connectivity index (χ3n) is 3.99. The molecule has 3 aromatic rings. The van der Waals surface area contributed by atoms with Crippen LogP contribution in [0.2, 0.25) is 0 Å². The van der Waals surface area contributed by atoms with Crippen LogP contribution in [0.1, 0.15) is 0 Å². The fraction of sp³-hybridized carbons (Fsp3) is 0.211. The number of hydrogen-bond acceptors (Lipinski definition) is 7. The van der Waals surface area contributed by atoms with E-state index >= 15 is 0 Å². The molecule has 146 valence electrons. The van der Waals surface area contributed by atoms with Crippen LogP contribution in [0.15, 0.2) is 47.6 Å². The van der Waals surface area contributed by atoms with Crippen LogP contribution in [0, 0.1) is 0 Å². The number of nitrogens with one attached hydrogen (secondary N) is 1. The number of methoxy groups -OCH3 is 2. The molecule has 0 spiro atoms. The molecule has 0 radical (unpaired) electrons. The summed E-state index contributed by atoms with van der Waals surface area (Å²) in [6, 6.07) is 12.6. The van der Waals surface area contributed by atoms with Crippen LogP contribution < -0.4 is 20.5 Å². The van der Waals surface area contributed by atoms with Crippen molar-refractivity contribution in [2.75, 3.05) is 31.0 Å². The molecule has 3 N–H and O–H groups in total. The highest BCUT2D eigenvalue weighted by Crippen LogP contribution is 2.29. The van der Waals surface area contributed by atoms with Crippen LogP contribution in [0.3, 0.4) is 0 Å². The lowest BCUT2D eigenvalue weighted by atomic mass is 10.2. The van der Waals surface area contributed by atoms with Gasteiger partial charge in [-0.3, -0.25) is 4.79 Å². The van der Waals surface area contributed by atoms with Crippen molar-refractivity contribution >= 4 is 29.0 Å². The maximum absolute atomic E-state index is 12.4. The largest absolute Gasteiger partial charge is 0.497 e. The van der Waals surface area contributed by atoms with Gasteiger partial charge in [0.25, 0.3) is 0 Å². The molecule has 0 unspecified atom stereocenters. The van der Waals surface area contributed by atoms with Crippen LogP contribution in [0.4, 0.5) is 11.4 Å². The molecule has 8 nitrogen and oxygen atoms in total. The maximum Gasteiger partial charge on any atom is 0.234 e. The highest BCUT2D eigenvalue weighted by molar-refractivity contribution is 7.99. The third kappa shape index (κ3) is 4.37. The van der Waals surface area contributed by atoms with Crippen molar-refractivity contribution < 1.29 is 14.3 Å². The van der Waals surface area contributed by atoms with E-state index in [0.717, 1.165) is 5.56 Å². The van der Waals surface area contributed by atoms with Gasteiger partial charge in [0.1, 0.15) is 11.5 Å². The number of rotatable bonds is 7. The molecule has 0 saturated carbocycles. The van der Waals surface area contributed by atoms with Gasteiger partial charge < -0.3 is 25.1 Å². The van der Waals surface area contributed by atoms with Crippen LogP contribution in [-0.2, 0) is 11.8 Å². The topological polar surface area (TPSA) is 104 Å². The quantitative estimate of drug-likeness (QED) is 0.465. The molecular formula is C19H21N5O3S. The van der Waals surface area contributed by atoms with E-state index in [9.17, 15) is 4.79 Å². The van der Waals surface area contributed by atoms with Gasteiger partial charge in [-0.05, 0) is 24.3 Å². The Labute approximate surface area is 167 Å².